The summed E-state index contributed by atoms with van der Waals surface area (Å²) in [4.78, 5) is 16.7. The zero-order chi connectivity index (χ0) is 41.3. The summed E-state index contributed by atoms with van der Waals surface area (Å²) in [7, 11) is 0. The summed E-state index contributed by atoms with van der Waals surface area (Å²) >= 11 is 0. The standard InChI is InChI=1S/C56H56N4/c1-7-39-41(9-3)53-49(37-29-21-15-22-30-37)55-43(11-5)44(12-6)56(60-55)50(38-31-23-16-24-32-38)54-42(10-4)40(8-2)52(59-54)48(36-27-19-14-20-28-36)46-34-33-45(57-46)47(51(39)58-53)35-25-17-13-18-26-35/h13-34,57-60H,7-12H2,1-6H3/q+4. The number of benzene rings is 4. The summed E-state index contributed by atoms with van der Waals surface area (Å²) in [5, 5.41) is 0. The topological polar surface area (TPSA) is 63.2 Å². The molecule has 296 valence electrons. The zero-order valence-corrected chi connectivity index (χ0v) is 35.9. The Hall–Kier alpha value is -6.52. The lowest BCUT2D eigenvalue weighted by molar-refractivity contribution is 0.978. The van der Waals surface area contributed by atoms with Gasteiger partial charge in [-0.1, -0.05) is 41.5 Å². The van der Waals surface area contributed by atoms with Crippen molar-refractivity contribution in [3.63, 3.8) is 0 Å². The first-order valence-electron chi connectivity index (χ1n) is 22.2. The molecule has 9 rings (SSSR count). The molecule has 1 aliphatic heterocycles. The van der Waals surface area contributed by atoms with E-state index in [0.717, 1.165) is 49.9 Å². The maximum absolute atomic E-state index is 4.26. The molecule has 0 radical (unpaired) electrons. The molecule has 1 aliphatic rings. The molecule has 0 saturated heterocycles. The summed E-state index contributed by atoms with van der Waals surface area (Å²) in [6.45, 7) is 13.9. The fourth-order valence-corrected chi connectivity index (χ4v) is 10.2. The largest absolute Gasteiger partial charge is 0.327 e. The number of aromatic nitrogens is 4. The molecule has 0 aliphatic carbocycles. The predicted octanol–water partition coefficient (Wildman–Crippen LogP) is 12.8. The average molecular weight is 785 g/mol. The molecule has 0 amide bonds. The van der Waals surface area contributed by atoms with Crippen molar-refractivity contribution in [2.24, 2.45) is 0 Å². The first-order valence-corrected chi connectivity index (χ1v) is 22.2. The van der Waals surface area contributed by atoms with Gasteiger partial charge in [-0.3, -0.25) is 0 Å². The summed E-state index contributed by atoms with van der Waals surface area (Å²) in [6, 6.07) is 48.6. The van der Waals surface area contributed by atoms with Gasteiger partial charge in [-0.15, -0.1) is 0 Å². The average Bonchev–Trinajstić information content (AvgIpc) is 4.09. The van der Waals surface area contributed by atoms with Crippen molar-refractivity contribution in [1.82, 2.24) is 19.9 Å². The molecule has 4 N–H and O–H groups in total. The Morgan fingerprint density at radius 1 is 0.267 bits per heavy atom. The van der Waals surface area contributed by atoms with Crippen molar-refractivity contribution in [3.05, 3.63) is 258 Å². The Balaban J connectivity index is 1.46. The fourth-order valence-electron chi connectivity index (χ4n) is 10.2. The van der Waals surface area contributed by atoms with E-state index in [4.69, 9.17) is 0 Å². The van der Waals surface area contributed by atoms with E-state index in [1.54, 1.807) is 0 Å². The molecule has 4 heteroatoms. The van der Waals surface area contributed by atoms with E-state index in [-0.39, 0.29) is 0 Å². The number of H-pyrrole nitrogens is 4. The maximum atomic E-state index is 4.26. The predicted molar refractivity (Wildman–Crippen MR) is 247 cm³/mol. The summed E-state index contributed by atoms with van der Waals surface area (Å²) in [5.74, 6) is 4.81. The van der Waals surface area contributed by atoms with E-state index in [1.807, 2.05) is 0 Å². The SMILES string of the molecule is CCc1c2[nH]c(c1CC)[C+](c1ccccc1)c1[nH]c(c(CC)c1CC)[C+](c1ccccc1)c1[nH]c(c(CC)c1CC)[C+](c1ccccc1)c1ccc([nH]1)[C+]2c1ccccc1. The number of aromatic amines is 4. The second kappa shape index (κ2) is 16.6. The number of fused-ring (bicyclic) bond motifs is 8. The van der Waals surface area contributed by atoms with Crippen molar-refractivity contribution in [3.8, 4) is 0 Å². The van der Waals surface area contributed by atoms with Crippen LogP contribution in [0.15, 0.2) is 133 Å². The molecular weight excluding hydrogens is 729 g/mol. The highest BCUT2D eigenvalue weighted by Crippen LogP contribution is 2.47. The van der Waals surface area contributed by atoms with Crippen LogP contribution in [-0.2, 0) is 38.5 Å². The summed E-state index contributed by atoms with van der Waals surface area (Å²) in [5.41, 5.74) is 22.2. The Bertz CT molecular complexity index is 2490. The number of hydrogen-bond donors (Lipinski definition) is 4. The van der Waals surface area contributed by atoms with Crippen LogP contribution in [0, 0.1) is 23.7 Å². The van der Waals surface area contributed by atoms with E-state index >= 15 is 0 Å². The van der Waals surface area contributed by atoms with Crippen molar-refractivity contribution < 1.29 is 0 Å². The van der Waals surface area contributed by atoms with Gasteiger partial charge in [0.15, 0.2) is 0 Å². The van der Waals surface area contributed by atoms with E-state index in [2.05, 4.69) is 195 Å². The monoisotopic (exact) mass is 784 g/mol. The Morgan fingerprint density at radius 2 is 0.483 bits per heavy atom. The minimum absolute atomic E-state index is 0.899. The molecule has 8 bridgehead atoms. The van der Waals surface area contributed by atoms with Crippen molar-refractivity contribution in [2.75, 3.05) is 0 Å². The second-order valence-electron chi connectivity index (χ2n) is 15.9. The van der Waals surface area contributed by atoms with Gasteiger partial charge in [-0.2, -0.15) is 0 Å². The van der Waals surface area contributed by atoms with Gasteiger partial charge in [-0.25, -0.2) is 0 Å². The van der Waals surface area contributed by atoms with Crippen LogP contribution in [0.25, 0.3) is 0 Å². The lowest BCUT2D eigenvalue weighted by Gasteiger charge is -2.14. The molecule has 4 aromatic carbocycles. The molecule has 0 unspecified atom stereocenters. The van der Waals surface area contributed by atoms with Crippen LogP contribution < -0.4 is 0 Å². The molecule has 0 saturated carbocycles. The van der Waals surface area contributed by atoms with Crippen LogP contribution in [0.4, 0.5) is 0 Å². The lowest BCUT2D eigenvalue weighted by Crippen LogP contribution is -2.13. The van der Waals surface area contributed by atoms with Crippen LogP contribution in [0.5, 0.6) is 0 Å². The quantitative estimate of drug-likeness (QED) is 0.0998. The zero-order valence-electron chi connectivity index (χ0n) is 35.9. The minimum Gasteiger partial charge on any atom is -0.327 e. The van der Waals surface area contributed by atoms with Gasteiger partial charge in [-0.05, 0) is 72.8 Å². The first-order chi connectivity index (χ1) is 29.5. The molecule has 8 aromatic rings. The molecule has 4 aromatic heterocycles. The van der Waals surface area contributed by atoms with Gasteiger partial charge in [0.2, 0.25) is 0 Å². The van der Waals surface area contributed by atoms with Gasteiger partial charge in [0, 0.05) is 87.1 Å². The van der Waals surface area contributed by atoms with Crippen LogP contribution in [0.2, 0.25) is 0 Å². The molecule has 0 fully saturated rings. The number of rotatable bonds is 10. The second-order valence-corrected chi connectivity index (χ2v) is 15.9. The van der Waals surface area contributed by atoms with E-state index < -0.39 is 0 Å². The van der Waals surface area contributed by atoms with Gasteiger partial charge in [0.1, 0.15) is 69.2 Å². The van der Waals surface area contributed by atoms with Crippen molar-refractivity contribution >= 4 is 0 Å². The lowest BCUT2D eigenvalue weighted by atomic mass is 9.83. The molecular formula is C56H56N4+4. The Morgan fingerprint density at radius 3 is 0.717 bits per heavy atom. The van der Waals surface area contributed by atoms with Crippen LogP contribution in [0.1, 0.15) is 143 Å². The molecule has 0 atom stereocenters. The highest BCUT2D eigenvalue weighted by Gasteiger charge is 2.44. The highest BCUT2D eigenvalue weighted by atomic mass is 14.9. The van der Waals surface area contributed by atoms with Crippen LogP contribution >= 0.6 is 0 Å². The van der Waals surface area contributed by atoms with Gasteiger partial charge in [0.05, 0.1) is 67.8 Å². The summed E-state index contributed by atoms with van der Waals surface area (Å²) in [6.07, 6.45) is 5.40. The van der Waals surface area contributed by atoms with Crippen LogP contribution in [-0.4, -0.2) is 19.9 Å². The Kier molecular flexibility index (Phi) is 10.8. The summed E-state index contributed by atoms with van der Waals surface area (Å²) < 4.78 is 0. The normalized spacial score (nSPS) is 12.8. The molecule has 60 heavy (non-hydrogen) atoms. The fraction of sp³-hybridized carbons (Fsp3) is 0.214. The highest BCUT2D eigenvalue weighted by molar-refractivity contribution is 5.71. The molecule has 5 heterocycles. The van der Waals surface area contributed by atoms with E-state index in [0.29, 0.717) is 0 Å². The molecule has 4 nitrogen and oxygen atoms in total. The van der Waals surface area contributed by atoms with Gasteiger partial charge < -0.3 is 19.9 Å². The number of nitrogens with one attached hydrogen (secondary N) is 4. The third-order valence-electron chi connectivity index (χ3n) is 12.7. The Labute approximate surface area is 357 Å². The molecule has 0 spiro atoms. The minimum atomic E-state index is 0.899. The third kappa shape index (κ3) is 6.46. The third-order valence-corrected chi connectivity index (χ3v) is 12.7. The maximum Gasteiger partial charge on any atom is 0.130 e. The van der Waals surface area contributed by atoms with Crippen molar-refractivity contribution in [2.45, 2.75) is 80.1 Å². The van der Waals surface area contributed by atoms with E-state index in [1.165, 1.54) is 113 Å². The van der Waals surface area contributed by atoms with Gasteiger partial charge >= 0.3 is 0 Å². The first kappa shape index (κ1) is 39.0. The number of hydrogen-bond acceptors (Lipinski definition) is 0. The van der Waals surface area contributed by atoms with Gasteiger partial charge in [0.25, 0.3) is 0 Å². The van der Waals surface area contributed by atoms with Crippen molar-refractivity contribution in [1.29, 1.82) is 0 Å². The van der Waals surface area contributed by atoms with Crippen LogP contribution in [0.3, 0.4) is 0 Å². The smallest absolute Gasteiger partial charge is 0.130 e. The van der Waals surface area contributed by atoms with E-state index in [9.17, 15) is 0 Å².